The molecule has 0 aliphatic heterocycles. The van der Waals surface area contributed by atoms with Gasteiger partial charge >= 0.3 is 37.7 Å². The molecule has 0 radical (unpaired) electrons. The first-order valence-electron chi connectivity index (χ1n) is 20.1. The minimum Gasteiger partial charge on any atom is -0.873 e. The van der Waals surface area contributed by atoms with E-state index >= 15 is 0 Å². The summed E-state index contributed by atoms with van der Waals surface area (Å²) in [7, 11) is 5.51. The molecule has 14 N–H and O–H groups in total. The number of phenolic OH excluding ortho intramolecular Hbond substituents is 2. The summed E-state index contributed by atoms with van der Waals surface area (Å²) in [6.45, 7) is 2.47. The zero-order chi connectivity index (χ0) is 49.6. The fraction of sp³-hybridized carbons (Fsp3) is 0.409. The van der Waals surface area contributed by atoms with Gasteiger partial charge in [-0.05, 0) is 65.3 Å². The second-order valence-electron chi connectivity index (χ2n) is 18.1. The number of amides is 2. The molecule has 0 bridgehead atoms. The number of Topliss-reactive ketones (excluding diaryl/α,β-unsaturated/α-hetero) is 4. The minimum absolute atomic E-state index is 0. The van der Waals surface area contributed by atoms with Gasteiger partial charge in [0.1, 0.15) is 34.2 Å². The van der Waals surface area contributed by atoms with Gasteiger partial charge in [0.25, 0.3) is 11.8 Å². The van der Waals surface area contributed by atoms with Crippen LogP contribution in [0.1, 0.15) is 36.1 Å². The topological polar surface area (TPSA) is 409 Å². The maximum absolute atomic E-state index is 13.6. The Kier molecular flexibility index (Phi) is 12.6. The molecule has 0 spiro atoms. The molecule has 12 atom stereocenters. The van der Waals surface area contributed by atoms with Gasteiger partial charge in [-0.2, -0.15) is 0 Å². The number of aliphatic hydroxyl groups excluding tert-OH is 4. The van der Waals surface area contributed by atoms with Crippen LogP contribution < -0.4 is 21.7 Å². The number of carbonyl (C=O) groups is 6. The number of likely N-dealkylation sites (N-methyl/N-ethyl adjacent to an activating group) is 2. The Hall–Kier alpha value is -5.24. The van der Waals surface area contributed by atoms with Crippen LogP contribution in [0.2, 0.25) is 0 Å². The third-order valence-electron chi connectivity index (χ3n) is 14.0. The Morgan fingerprint density at radius 2 is 0.896 bits per heavy atom. The Balaban J connectivity index is 0.000000218. The van der Waals surface area contributed by atoms with Gasteiger partial charge in [0, 0.05) is 23.0 Å². The number of fused-ring (bicyclic) bond motifs is 6. The van der Waals surface area contributed by atoms with Crippen molar-refractivity contribution in [3.05, 3.63) is 92.5 Å². The fourth-order valence-corrected chi connectivity index (χ4v) is 11.2. The van der Waals surface area contributed by atoms with Gasteiger partial charge < -0.3 is 72.7 Å². The van der Waals surface area contributed by atoms with Crippen LogP contribution in [0.4, 0.5) is 0 Å². The smallest absolute Gasteiger partial charge is 0.873 e. The second-order valence-corrected chi connectivity index (χ2v) is 18.1. The molecule has 0 unspecified atom stereocenters. The standard InChI is InChI=1S/2C22H24N2O9.Ca/c2*1-21(32)7-5-4-6-8(25)9(7)15(26)10-12(21)17(28)13-14(24(2)3)16(27)11(20(23)31)19(30)22(13,33)18(10)29;/h2*4-6,12-14,17,25-26,28,30,32-33H,1-3H3,(H2,23,31);/q;;+2/p-2/t2*12-,13-,14+,17+,21-,22+;/m11./s1. The molecule has 0 heterocycles. The van der Waals surface area contributed by atoms with Crippen LogP contribution in [0.15, 0.2) is 70.2 Å². The van der Waals surface area contributed by atoms with Crippen molar-refractivity contribution >= 4 is 84.2 Å². The monoisotopic (exact) mass is 958 g/mol. The van der Waals surface area contributed by atoms with Crippen LogP contribution in [-0.2, 0) is 40.0 Å². The van der Waals surface area contributed by atoms with Crippen LogP contribution in [0, 0.1) is 23.7 Å². The largest absolute Gasteiger partial charge is 2.00 e. The zero-order valence-corrected chi connectivity index (χ0v) is 38.8. The van der Waals surface area contributed by atoms with Crippen LogP contribution >= 0.6 is 0 Å². The molecule has 352 valence electrons. The van der Waals surface area contributed by atoms with Crippen LogP contribution in [-0.4, -0.2) is 197 Å². The van der Waals surface area contributed by atoms with E-state index in [4.69, 9.17) is 11.5 Å². The van der Waals surface area contributed by atoms with Crippen LogP contribution in [0.3, 0.4) is 0 Å². The van der Waals surface area contributed by atoms with Gasteiger partial charge in [-0.15, -0.1) is 0 Å². The molecule has 0 saturated heterocycles. The Morgan fingerprint density at radius 1 is 0.597 bits per heavy atom. The first-order valence-corrected chi connectivity index (χ1v) is 20.1. The Bertz CT molecular complexity index is 2560. The molecule has 6 aliphatic carbocycles. The van der Waals surface area contributed by atoms with Crippen molar-refractivity contribution in [3.63, 3.8) is 0 Å². The van der Waals surface area contributed by atoms with E-state index in [9.17, 15) is 90.0 Å². The van der Waals surface area contributed by atoms with E-state index in [-0.39, 0.29) is 60.0 Å². The maximum atomic E-state index is 13.6. The number of rotatable bonds is 4. The number of carbonyl (C=O) groups excluding carboxylic acids is 6. The van der Waals surface area contributed by atoms with Crippen LogP contribution in [0.5, 0.6) is 11.5 Å². The van der Waals surface area contributed by atoms with E-state index < -0.39 is 162 Å². The molecular formula is C44H46CaN4O18. The SMILES string of the molecule is CN(C)[C@@H]1C(=O)C(C(N)=O)=C([O-])[C@@]2(O)C(=O)C3=C(O)c4c(O)cccc4[C@@](C)(O)[C@H]3[C@H](O)[C@@H]12.CN(C)[C@@H]1C(=O)C(C(N)=O)=C([O-])[C@@]2(O)C(=O)C3=C(O)c4c(O)cccc4[C@@](C)(O)[C@H]3[C@H](O)[C@@H]12.[Ca+2]. The maximum Gasteiger partial charge on any atom is 2.00 e. The number of nitrogens with two attached hydrogens (primary N) is 2. The average Bonchev–Trinajstić information content (AvgIpc) is 3.20. The predicted octanol–water partition coefficient (Wildman–Crippen LogP) is -5.58. The molecule has 2 saturated carbocycles. The second kappa shape index (κ2) is 16.5. The van der Waals surface area contributed by atoms with Crippen molar-refractivity contribution < 1.29 is 90.0 Å². The number of aromatic hydroxyl groups is 2. The van der Waals surface area contributed by atoms with E-state index in [1.807, 2.05) is 0 Å². The van der Waals surface area contributed by atoms with Crippen molar-refractivity contribution in [2.24, 2.45) is 35.1 Å². The van der Waals surface area contributed by atoms with E-state index in [2.05, 4.69) is 0 Å². The van der Waals surface area contributed by atoms with Crippen LogP contribution in [0.25, 0.3) is 11.5 Å². The molecule has 67 heavy (non-hydrogen) atoms. The minimum atomic E-state index is -3.13. The first-order chi connectivity index (χ1) is 30.4. The summed E-state index contributed by atoms with van der Waals surface area (Å²) >= 11 is 0. The number of primary amides is 2. The molecule has 2 aromatic carbocycles. The Labute approximate surface area is 409 Å². The molecule has 0 aromatic heterocycles. The fourth-order valence-electron chi connectivity index (χ4n) is 11.2. The van der Waals surface area contributed by atoms with Crippen molar-refractivity contribution in [1.29, 1.82) is 0 Å². The summed E-state index contributed by atoms with van der Waals surface area (Å²) in [6, 6.07) is 4.85. The molecule has 22 nitrogen and oxygen atoms in total. The van der Waals surface area contributed by atoms with Gasteiger partial charge in [-0.3, -0.25) is 38.6 Å². The number of phenols is 2. The first kappa shape index (κ1) is 51.2. The number of benzene rings is 2. The molecule has 2 amide bonds. The molecule has 23 heteroatoms. The molecule has 6 aliphatic rings. The zero-order valence-electron chi connectivity index (χ0n) is 36.6. The van der Waals surface area contributed by atoms with Crippen molar-refractivity contribution in [2.75, 3.05) is 28.2 Å². The molecular weight excluding hydrogens is 913 g/mol. The van der Waals surface area contributed by atoms with Gasteiger partial charge in [-0.25, -0.2) is 0 Å². The Morgan fingerprint density at radius 3 is 1.16 bits per heavy atom. The number of aliphatic hydroxyl groups is 8. The van der Waals surface area contributed by atoms with E-state index in [0.717, 1.165) is 0 Å². The van der Waals surface area contributed by atoms with E-state index in [0.29, 0.717) is 0 Å². The quantitative estimate of drug-likeness (QED) is 0.100. The summed E-state index contributed by atoms with van der Waals surface area (Å²) in [5, 5.41) is 137. The van der Waals surface area contributed by atoms with Gasteiger partial charge in [0.05, 0.1) is 69.6 Å². The molecule has 8 rings (SSSR count). The summed E-state index contributed by atoms with van der Waals surface area (Å²) in [5.41, 5.74) is -4.27. The number of ketones is 4. The number of hydrogen-bond donors (Lipinski definition) is 12. The van der Waals surface area contributed by atoms with Gasteiger partial charge in [0.15, 0.2) is 23.1 Å². The molecule has 2 fully saturated rings. The van der Waals surface area contributed by atoms with E-state index in [1.165, 1.54) is 88.2 Å². The normalized spacial score (nSPS) is 35.4. The van der Waals surface area contributed by atoms with Gasteiger partial charge in [0.2, 0.25) is 0 Å². The third-order valence-corrected chi connectivity index (χ3v) is 14.0. The average molecular weight is 959 g/mol. The van der Waals surface area contributed by atoms with Crippen molar-refractivity contribution in [3.8, 4) is 11.5 Å². The summed E-state index contributed by atoms with van der Waals surface area (Å²) < 4.78 is 0. The van der Waals surface area contributed by atoms with E-state index in [1.54, 1.807) is 0 Å². The number of hydrogen-bond acceptors (Lipinski definition) is 20. The van der Waals surface area contributed by atoms with Gasteiger partial charge in [-0.1, -0.05) is 35.8 Å². The van der Waals surface area contributed by atoms with Crippen molar-refractivity contribution in [2.45, 2.75) is 60.5 Å². The summed E-state index contributed by atoms with van der Waals surface area (Å²) in [5.74, 6) is -20.5. The number of nitrogens with zero attached hydrogens (tertiary/aromatic N) is 2. The predicted molar refractivity (Wildman–Crippen MR) is 223 cm³/mol. The third kappa shape index (κ3) is 6.57. The summed E-state index contributed by atoms with van der Waals surface area (Å²) in [6.07, 6.45) is -3.82. The summed E-state index contributed by atoms with van der Waals surface area (Å²) in [4.78, 5) is 79.6. The molecule has 2 aromatic rings. The van der Waals surface area contributed by atoms with Crippen molar-refractivity contribution in [1.82, 2.24) is 9.80 Å².